The third-order valence-electron chi connectivity index (χ3n) is 7.37. The Morgan fingerprint density at radius 3 is 2.15 bits per heavy atom. The molecule has 4 aliphatic heterocycles. The highest BCUT2D eigenvalue weighted by atomic mass is 16.7. The first-order valence-electron chi connectivity index (χ1n) is 13.3. The number of hydrogen-bond donors (Lipinski definition) is 1. The number of nitrogens with zero attached hydrogens (tertiary/aromatic N) is 3. The maximum absolute atomic E-state index is 13.6. The van der Waals surface area contributed by atoms with Gasteiger partial charge in [-0.05, 0) is 41.8 Å². The van der Waals surface area contributed by atoms with Gasteiger partial charge in [0, 0.05) is 5.56 Å². The molecule has 2 fully saturated rings. The van der Waals surface area contributed by atoms with Crippen LogP contribution in [0.15, 0.2) is 103 Å². The topological polar surface area (TPSA) is 108 Å². The standard InChI is InChI=1S/C31H28N4O6/c1-20-17-25-33(31(39)40-19-22-13-7-3-8-14-22)34-27(28(20)41-35(25)29(37)23-15-9-4-10-16-23)26(30(34)38)32-24(36)18-21-11-5-2-6-12-21/h2-17,25-28H,18-19H2,1H3,(H,32,36)/t25-,26+,27+,28+/m1/s1. The quantitative estimate of drug-likeness (QED) is 0.372. The van der Waals surface area contributed by atoms with Crippen molar-refractivity contribution in [2.45, 2.75) is 44.3 Å². The van der Waals surface area contributed by atoms with Crippen molar-refractivity contribution in [3.8, 4) is 0 Å². The summed E-state index contributed by atoms with van der Waals surface area (Å²) in [5.74, 6) is -1.32. The van der Waals surface area contributed by atoms with Crippen LogP contribution in [-0.4, -0.2) is 63.2 Å². The zero-order valence-electron chi connectivity index (χ0n) is 22.3. The molecule has 0 unspecified atom stereocenters. The van der Waals surface area contributed by atoms with Crippen molar-refractivity contribution >= 4 is 23.8 Å². The summed E-state index contributed by atoms with van der Waals surface area (Å²) in [7, 11) is 0. The number of hydrazine groups is 1. The molecule has 4 aliphatic rings. The van der Waals surface area contributed by atoms with E-state index in [0.717, 1.165) is 26.8 Å². The highest BCUT2D eigenvalue weighted by Crippen LogP contribution is 2.40. The van der Waals surface area contributed by atoms with Gasteiger partial charge in [0.1, 0.15) is 24.8 Å². The number of nitrogens with one attached hydrogen (secondary N) is 1. The maximum Gasteiger partial charge on any atom is 0.431 e. The van der Waals surface area contributed by atoms with Gasteiger partial charge in [0.05, 0.1) is 6.42 Å². The van der Waals surface area contributed by atoms with Gasteiger partial charge >= 0.3 is 6.09 Å². The Bertz CT molecular complexity index is 1500. The lowest BCUT2D eigenvalue weighted by Gasteiger charge is -2.50. The summed E-state index contributed by atoms with van der Waals surface area (Å²) in [4.78, 5) is 59.9. The van der Waals surface area contributed by atoms with Crippen molar-refractivity contribution in [1.29, 1.82) is 0 Å². The van der Waals surface area contributed by atoms with Crippen LogP contribution in [0.5, 0.6) is 0 Å². The number of carbonyl (C=O) groups is 4. The first-order chi connectivity index (χ1) is 19.9. The Hall–Kier alpha value is -4.96. The average molecular weight is 553 g/mol. The first-order valence-corrected chi connectivity index (χ1v) is 13.3. The highest BCUT2D eigenvalue weighted by molar-refractivity contribution is 5.97. The number of hydroxylamine groups is 2. The Kier molecular flexibility index (Phi) is 6.98. The summed E-state index contributed by atoms with van der Waals surface area (Å²) >= 11 is 0. The molecule has 0 spiro atoms. The van der Waals surface area contributed by atoms with Crippen LogP contribution in [0, 0.1) is 0 Å². The normalized spacial score (nSPS) is 22.7. The Labute approximate surface area is 236 Å². The summed E-state index contributed by atoms with van der Waals surface area (Å²) in [6, 6.07) is 25.1. The molecule has 41 heavy (non-hydrogen) atoms. The minimum atomic E-state index is -1.09. The zero-order valence-corrected chi connectivity index (χ0v) is 22.3. The number of rotatable bonds is 6. The van der Waals surface area contributed by atoms with E-state index in [1.807, 2.05) is 67.6 Å². The minimum Gasteiger partial charge on any atom is -0.443 e. The molecule has 10 nitrogen and oxygen atoms in total. The van der Waals surface area contributed by atoms with Gasteiger partial charge < -0.3 is 10.1 Å². The molecule has 3 aromatic carbocycles. The van der Waals surface area contributed by atoms with E-state index < -0.39 is 42.3 Å². The fraction of sp³-hybridized carbons (Fsp3) is 0.226. The Morgan fingerprint density at radius 1 is 0.878 bits per heavy atom. The van der Waals surface area contributed by atoms with Crippen molar-refractivity contribution in [3.05, 3.63) is 119 Å². The number of benzene rings is 3. The number of amides is 4. The molecular formula is C31H28N4O6. The van der Waals surface area contributed by atoms with E-state index in [2.05, 4.69) is 5.32 Å². The number of carbonyl (C=O) groups excluding carboxylic acids is 4. The van der Waals surface area contributed by atoms with Crippen molar-refractivity contribution in [3.63, 3.8) is 0 Å². The molecule has 1 N–H and O–H groups in total. The van der Waals surface area contributed by atoms with Crippen molar-refractivity contribution in [2.75, 3.05) is 0 Å². The molecule has 10 heteroatoms. The largest absolute Gasteiger partial charge is 0.443 e. The third-order valence-corrected chi connectivity index (χ3v) is 7.37. The monoisotopic (exact) mass is 552 g/mol. The molecule has 0 radical (unpaired) electrons. The molecule has 2 bridgehead atoms. The van der Waals surface area contributed by atoms with E-state index in [-0.39, 0.29) is 18.9 Å². The summed E-state index contributed by atoms with van der Waals surface area (Å²) in [5, 5.41) is 6.29. The second kappa shape index (κ2) is 10.9. The van der Waals surface area contributed by atoms with Gasteiger partial charge in [0.15, 0.2) is 6.17 Å². The van der Waals surface area contributed by atoms with Gasteiger partial charge in [-0.1, -0.05) is 78.9 Å². The fourth-order valence-corrected chi connectivity index (χ4v) is 5.35. The van der Waals surface area contributed by atoms with Gasteiger partial charge in [-0.2, -0.15) is 10.1 Å². The van der Waals surface area contributed by atoms with Crippen LogP contribution in [0.25, 0.3) is 0 Å². The van der Waals surface area contributed by atoms with Crippen LogP contribution >= 0.6 is 0 Å². The molecule has 0 saturated carbocycles. The predicted molar refractivity (Wildman–Crippen MR) is 146 cm³/mol. The predicted octanol–water partition coefficient (Wildman–Crippen LogP) is 3.22. The second-order valence-corrected chi connectivity index (χ2v) is 10.1. The lowest BCUT2D eigenvalue weighted by atomic mass is 9.88. The minimum absolute atomic E-state index is 0.0353. The molecule has 4 amide bonds. The van der Waals surface area contributed by atoms with Gasteiger partial charge in [-0.3, -0.25) is 19.2 Å². The molecule has 7 rings (SSSR count). The molecule has 0 aromatic heterocycles. The average Bonchev–Trinajstić information content (AvgIpc) is 3.20. The van der Waals surface area contributed by atoms with E-state index in [1.54, 1.807) is 36.4 Å². The van der Waals surface area contributed by atoms with Gasteiger partial charge in [-0.25, -0.2) is 9.80 Å². The molecule has 0 aliphatic carbocycles. The lowest BCUT2D eigenvalue weighted by molar-refractivity contribution is -0.185. The molecule has 4 atom stereocenters. The summed E-state index contributed by atoms with van der Waals surface area (Å²) < 4.78 is 5.62. The van der Waals surface area contributed by atoms with Crippen molar-refractivity contribution < 1.29 is 28.8 Å². The number of hydrogen-bond acceptors (Lipinski definition) is 6. The highest BCUT2D eigenvalue weighted by Gasteiger charge is 2.63. The lowest BCUT2D eigenvalue weighted by Crippen LogP contribution is -2.78. The number of β-lactam (4-membered cyclic amide) rings is 1. The van der Waals surface area contributed by atoms with E-state index >= 15 is 0 Å². The van der Waals surface area contributed by atoms with Gasteiger partial charge in [0.2, 0.25) is 5.91 Å². The van der Waals surface area contributed by atoms with Crippen LogP contribution in [0.2, 0.25) is 0 Å². The molecule has 4 heterocycles. The second-order valence-electron chi connectivity index (χ2n) is 10.1. The van der Waals surface area contributed by atoms with Crippen LogP contribution in [0.3, 0.4) is 0 Å². The van der Waals surface area contributed by atoms with E-state index in [9.17, 15) is 19.2 Å². The Balaban J connectivity index is 1.30. The summed E-state index contributed by atoms with van der Waals surface area (Å²) in [5.41, 5.74) is 2.63. The van der Waals surface area contributed by atoms with E-state index in [4.69, 9.17) is 9.57 Å². The SMILES string of the molecule is CC1=C[C@H]2N(C(=O)c3ccccc3)O[C@@H]1[C@@H]1[C@H](NC(=O)Cc3ccccc3)C(=O)N1N2C(=O)OCc1ccccc1. The van der Waals surface area contributed by atoms with Crippen LogP contribution in [-0.2, 0) is 32.2 Å². The van der Waals surface area contributed by atoms with Gasteiger partial charge in [0.25, 0.3) is 11.8 Å². The molecule has 208 valence electrons. The van der Waals surface area contributed by atoms with Crippen molar-refractivity contribution in [1.82, 2.24) is 20.4 Å². The zero-order chi connectivity index (χ0) is 28.5. The maximum atomic E-state index is 13.6. The Morgan fingerprint density at radius 2 is 1.49 bits per heavy atom. The van der Waals surface area contributed by atoms with E-state index in [0.29, 0.717) is 5.56 Å². The van der Waals surface area contributed by atoms with E-state index in [1.165, 1.54) is 5.01 Å². The summed E-state index contributed by atoms with van der Waals surface area (Å²) in [6.07, 6.45) is -0.898. The smallest absolute Gasteiger partial charge is 0.431 e. The molecule has 3 aromatic rings. The van der Waals surface area contributed by atoms with Crippen LogP contribution < -0.4 is 5.32 Å². The number of fused-ring (bicyclic) bond motifs is 1. The number of ether oxygens (including phenoxy) is 1. The van der Waals surface area contributed by atoms with Crippen molar-refractivity contribution in [2.24, 2.45) is 0 Å². The van der Waals surface area contributed by atoms with Crippen LogP contribution in [0.4, 0.5) is 4.79 Å². The molecule has 2 saturated heterocycles. The summed E-state index contributed by atoms with van der Waals surface area (Å²) in [6.45, 7) is 1.77. The first kappa shape index (κ1) is 26.3. The third kappa shape index (κ3) is 4.93. The fourth-order valence-electron chi connectivity index (χ4n) is 5.35. The van der Waals surface area contributed by atoms with Gasteiger partial charge in [-0.15, -0.1) is 0 Å². The van der Waals surface area contributed by atoms with Crippen LogP contribution in [0.1, 0.15) is 28.4 Å². The molecular weight excluding hydrogens is 524 g/mol.